The Kier molecular flexibility index (Phi) is 5.40. The highest BCUT2D eigenvalue weighted by Gasteiger charge is 2.28. The molecular formula is C20H30N2O3. The van der Waals surface area contributed by atoms with E-state index in [0.717, 1.165) is 38.2 Å². The Morgan fingerprint density at radius 1 is 1.04 bits per heavy atom. The van der Waals surface area contributed by atoms with Crippen molar-refractivity contribution in [1.82, 2.24) is 4.90 Å². The first-order valence-corrected chi connectivity index (χ1v) is 9.40. The number of nitrogens with zero attached hydrogens (tertiary/aromatic N) is 2. The van der Waals surface area contributed by atoms with Gasteiger partial charge in [0.1, 0.15) is 17.5 Å². The van der Waals surface area contributed by atoms with Crippen LogP contribution in [0.3, 0.4) is 0 Å². The third kappa shape index (κ3) is 5.03. The molecule has 5 nitrogen and oxygen atoms in total. The molecule has 1 unspecified atom stereocenters. The number of rotatable bonds is 3. The predicted octanol–water partition coefficient (Wildman–Crippen LogP) is 4.07. The zero-order valence-electron chi connectivity index (χ0n) is 15.7. The average molecular weight is 346 g/mol. The fraction of sp³-hybridized carbons (Fsp3) is 0.650. The van der Waals surface area contributed by atoms with Gasteiger partial charge in [0.25, 0.3) is 0 Å². The van der Waals surface area contributed by atoms with Gasteiger partial charge in [-0.05, 0) is 70.7 Å². The summed E-state index contributed by atoms with van der Waals surface area (Å²) >= 11 is 0. The van der Waals surface area contributed by atoms with Gasteiger partial charge < -0.3 is 19.3 Å². The standard InChI is InChI=1S/C20H30N2O3/c1-20(2,3)25-19(23)22-14-6-7-18(15-22)24-17-10-8-16(9-11-17)21-12-4-5-13-21/h8-11,18H,4-7,12-15H2,1-3H3. The van der Waals surface area contributed by atoms with Crippen molar-refractivity contribution in [2.75, 3.05) is 31.1 Å². The molecule has 0 N–H and O–H groups in total. The fourth-order valence-electron chi connectivity index (χ4n) is 3.43. The van der Waals surface area contributed by atoms with Crippen molar-refractivity contribution in [1.29, 1.82) is 0 Å². The van der Waals surface area contributed by atoms with Gasteiger partial charge in [0.2, 0.25) is 0 Å². The van der Waals surface area contributed by atoms with Crippen molar-refractivity contribution in [3.05, 3.63) is 24.3 Å². The lowest BCUT2D eigenvalue weighted by atomic mass is 10.1. The molecule has 5 heteroatoms. The van der Waals surface area contributed by atoms with E-state index in [4.69, 9.17) is 9.47 Å². The van der Waals surface area contributed by atoms with Crippen molar-refractivity contribution >= 4 is 11.8 Å². The van der Waals surface area contributed by atoms with Crippen LogP contribution in [0.1, 0.15) is 46.5 Å². The summed E-state index contributed by atoms with van der Waals surface area (Å²) in [5, 5.41) is 0. The maximum atomic E-state index is 12.2. The van der Waals surface area contributed by atoms with Gasteiger partial charge in [-0.25, -0.2) is 4.79 Å². The van der Waals surface area contributed by atoms with E-state index in [2.05, 4.69) is 17.0 Å². The highest BCUT2D eigenvalue weighted by Crippen LogP contribution is 2.25. The van der Waals surface area contributed by atoms with Crippen LogP contribution in [0, 0.1) is 0 Å². The van der Waals surface area contributed by atoms with Crippen molar-refractivity contribution < 1.29 is 14.3 Å². The van der Waals surface area contributed by atoms with Gasteiger partial charge in [0, 0.05) is 25.3 Å². The molecule has 2 aliphatic rings. The predicted molar refractivity (Wildman–Crippen MR) is 99.3 cm³/mol. The number of ether oxygens (including phenoxy) is 2. The Balaban J connectivity index is 1.54. The van der Waals surface area contributed by atoms with Crippen molar-refractivity contribution in [3.63, 3.8) is 0 Å². The number of hydrogen-bond donors (Lipinski definition) is 0. The summed E-state index contributed by atoms with van der Waals surface area (Å²) in [6, 6.07) is 8.35. The Hall–Kier alpha value is -1.91. The minimum atomic E-state index is -0.462. The minimum absolute atomic E-state index is 0.0268. The number of likely N-dealkylation sites (tertiary alicyclic amines) is 1. The van der Waals surface area contributed by atoms with Gasteiger partial charge in [-0.1, -0.05) is 0 Å². The van der Waals surface area contributed by atoms with E-state index in [9.17, 15) is 4.79 Å². The number of carbonyl (C=O) groups is 1. The molecule has 2 aliphatic heterocycles. The molecule has 0 aliphatic carbocycles. The van der Waals surface area contributed by atoms with Crippen LogP contribution < -0.4 is 9.64 Å². The van der Waals surface area contributed by atoms with Gasteiger partial charge in [0.05, 0.1) is 6.54 Å². The van der Waals surface area contributed by atoms with Gasteiger partial charge in [-0.3, -0.25) is 0 Å². The maximum Gasteiger partial charge on any atom is 0.410 e. The smallest absolute Gasteiger partial charge is 0.410 e. The Labute approximate surface area is 150 Å². The molecule has 0 radical (unpaired) electrons. The van der Waals surface area contributed by atoms with Crippen LogP contribution in [-0.2, 0) is 4.74 Å². The molecule has 0 aromatic heterocycles. The topological polar surface area (TPSA) is 42.0 Å². The summed E-state index contributed by atoms with van der Waals surface area (Å²) in [4.78, 5) is 16.4. The van der Waals surface area contributed by atoms with Crippen LogP contribution >= 0.6 is 0 Å². The van der Waals surface area contributed by atoms with E-state index < -0.39 is 5.60 Å². The van der Waals surface area contributed by atoms with Crippen molar-refractivity contribution in [2.24, 2.45) is 0 Å². The lowest BCUT2D eigenvalue weighted by Crippen LogP contribution is -2.46. The maximum absolute atomic E-state index is 12.2. The summed E-state index contributed by atoms with van der Waals surface area (Å²) in [5.74, 6) is 0.874. The van der Waals surface area contributed by atoms with Gasteiger partial charge >= 0.3 is 6.09 Å². The van der Waals surface area contributed by atoms with Crippen LogP contribution in [0.5, 0.6) is 5.75 Å². The molecule has 2 heterocycles. The molecule has 0 bridgehead atoms. The summed E-state index contributed by atoms with van der Waals surface area (Å²) in [6.07, 6.45) is 4.24. The monoisotopic (exact) mass is 346 g/mol. The van der Waals surface area contributed by atoms with E-state index >= 15 is 0 Å². The second kappa shape index (κ2) is 7.54. The molecular weight excluding hydrogens is 316 g/mol. The molecule has 1 aromatic carbocycles. The first-order chi connectivity index (χ1) is 11.9. The van der Waals surface area contributed by atoms with E-state index in [0.29, 0.717) is 6.54 Å². The fourth-order valence-corrected chi connectivity index (χ4v) is 3.43. The molecule has 1 aromatic rings. The molecule has 2 saturated heterocycles. The average Bonchev–Trinajstić information content (AvgIpc) is 3.09. The van der Waals surface area contributed by atoms with Crippen molar-refractivity contribution in [3.8, 4) is 5.75 Å². The number of hydrogen-bond acceptors (Lipinski definition) is 4. The SMILES string of the molecule is CC(C)(C)OC(=O)N1CCCC(Oc2ccc(N3CCCC3)cc2)C1. The summed E-state index contributed by atoms with van der Waals surface area (Å²) < 4.78 is 11.6. The summed E-state index contributed by atoms with van der Waals surface area (Å²) in [7, 11) is 0. The summed E-state index contributed by atoms with van der Waals surface area (Å²) in [5.41, 5.74) is 0.805. The van der Waals surface area contributed by atoms with Crippen LogP contribution in [0.25, 0.3) is 0 Å². The van der Waals surface area contributed by atoms with Crippen LogP contribution in [-0.4, -0.2) is 48.9 Å². The molecule has 25 heavy (non-hydrogen) atoms. The van der Waals surface area contributed by atoms with Crippen LogP contribution in [0.15, 0.2) is 24.3 Å². The first kappa shape index (κ1) is 17.9. The Morgan fingerprint density at radius 2 is 1.72 bits per heavy atom. The number of carbonyl (C=O) groups excluding carboxylic acids is 1. The first-order valence-electron chi connectivity index (χ1n) is 9.40. The zero-order valence-corrected chi connectivity index (χ0v) is 15.7. The van der Waals surface area contributed by atoms with Gasteiger partial charge in [-0.15, -0.1) is 0 Å². The van der Waals surface area contributed by atoms with E-state index in [1.165, 1.54) is 18.5 Å². The third-order valence-electron chi connectivity index (χ3n) is 4.64. The molecule has 3 rings (SSSR count). The van der Waals surface area contributed by atoms with E-state index in [1.54, 1.807) is 4.90 Å². The molecule has 0 spiro atoms. The highest BCUT2D eigenvalue weighted by molar-refractivity contribution is 5.68. The molecule has 1 amide bonds. The zero-order chi connectivity index (χ0) is 17.9. The molecule has 138 valence electrons. The van der Waals surface area contributed by atoms with Gasteiger partial charge in [0.15, 0.2) is 0 Å². The highest BCUT2D eigenvalue weighted by atomic mass is 16.6. The Bertz CT molecular complexity index is 574. The summed E-state index contributed by atoms with van der Waals surface area (Å²) in [6.45, 7) is 9.30. The normalized spacial score (nSPS) is 21.3. The Morgan fingerprint density at radius 3 is 2.36 bits per heavy atom. The molecule has 2 fully saturated rings. The number of anilines is 1. The lowest BCUT2D eigenvalue weighted by molar-refractivity contribution is 0.00776. The number of piperidine rings is 1. The van der Waals surface area contributed by atoms with Crippen LogP contribution in [0.2, 0.25) is 0 Å². The number of benzene rings is 1. The second-order valence-corrected chi connectivity index (χ2v) is 8.00. The lowest BCUT2D eigenvalue weighted by Gasteiger charge is -2.34. The quantitative estimate of drug-likeness (QED) is 0.827. The van der Waals surface area contributed by atoms with Gasteiger partial charge in [-0.2, -0.15) is 0 Å². The molecule has 1 atom stereocenters. The van der Waals surface area contributed by atoms with E-state index in [-0.39, 0.29) is 12.2 Å². The minimum Gasteiger partial charge on any atom is -0.489 e. The van der Waals surface area contributed by atoms with Crippen LogP contribution in [0.4, 0.5) is 10.5 Å². The third-order valence-corrected chi connectivity index (χ3v) is 4.64. The van der Waals surface area contributed by atoms with E-state index in [1.807, 2.05) is 32.9 Å². The number of amides is 1. The largest absolute Gasteiger partial charge is 0.489 e. The molecule has 0 saturated carbocycles. The second-order valence-electron chi connectivity index (χ2n) is 8.00. The van der Waals surface area contributed by atoms with Crippen molar-refractivity contribution in [2.45, 2.75) is 58.2 Å².